The minimum absolute atomic E-state index is 0.733. The quantitative estimate of drug-likeness (QED) is 0.820. The van der Waals surface area contributed by atoms with Crippen molar-refractivity contribution in [1.29, 1.82) is 0 Å². The van der Waals surface area contributed by atoms with Crippen LogP contribution in [0.3, 0.4) is 0 Å². The van der Waals surface area contributed by atoms with Crippen LogP contribution in [0.15, 0.2) is 12.3 Å². The molecule has 0 unspecified atom stereocenters. The average Bonchev–Trinajstić information content (AvgIpc) is 2.31. The van der Waals surface area contributed by atoms with E-state index in [9.17, 15) is 0 Å². The number of pyridine rings is 1. The van der Waals surface area contributed by atoms with Gasteiger partial charge in [-0.3, -0.25) is 4.98 Å². The molecule has 1 aliphatic rings. The van der Waals surface area contributed by atoms with Gasteiger partial charge in [0, 0.05) is 18.8 Å². The summed E-state index contributed by atoms with van der Waals surface area (Å²) in [5.41, 5.74) is 0.908. The van der Waals surface area contributed by atoms with Crippen LogP contribution in [-0.2, 0) is 6.54 Å². The molecule has 1 aromatic heterocycles. The monoisotopic (exact) mass is 236 g/mol. The average molecular weight is 236 g/mol. The van der Waals surface area contributed by atoms with Crippen molar-refractivity contribution in [1.82, 2.24) is 10.3 Å². The predicted octanol–water partition coefficient (Wildman–Crippen LogP) is 1.99. The van der Waals surface area contributed by atoms with Crippen LogP contribution in [0.5, 0.6) is 11.5 Å². The van der Waals surface area contributed by atoms with E-state index >= 15 is 0 Å². The highest BCUT2D eigenvalue weighted by molar-refractivity contribution is 5.42. The lowest BCUT2D eigenvalue weighted by Crippen LogP contribution is -2.27. The van der Waals surface area contributed by atoms with Crippen LogP contribution in [0.4, 0.5) is 0 Å². The van der Waals surface area contributed by atoms with Crippen LogP contribution in [0.1, 0.15) is 25.0 Å². The van der Waals surface area contributed by atoms with Gasteiger partial charge in [0.25, 0.3) is 0 Å². The number of ether oxygens (including phenoxy) is 2. The van der Waals surface area contributed by atoms with E-state index in [4.69, 9.17) is 9.47 Å². The van der Waals surface area contributed by atoms with Crippen LogP contribution in [0.25, 0.3) is 0 Å². The Morgan fingerprint density at radius 1 is 1.35 bits per heavy atom. The number of methoxy groups -OCH3 is 2. The second kappa shape index (κ2) is 5.87. The molecule has 1 N–H and O–H groups in total. The number of hydrogen-bond donors (Lipinski definition) is 1. The Morgan fingerprint density at radius 2 is 2.18 bits per heavy atom. The maximum absolute atomic E-state index is 5.34. The van der Waals surface area contributed by atoms with Gasteiger partial charge in [-0.2, -0.15) is 0 Å². The first-order chi connectivity index (χ1) is 8.35. The zero-order valence-corrected chi connectivity index (χ0v) is 10.5. The van der Waals surface area contributed by atoms with Gasteiger partial charge in [0.2, 0.25) is 0 Å². The SMILES string of the molecule is COc1ccnc(CNCC2CCC2)c1OC. The second-order valence-electron chi connectivity index (χ2n) is 4.42. The fourth-order valence-corrected chi connectivity index (χ4v) is 2.07. The predicted molar refractivity (Wildman–Crippen MR) is 66.4 cm³/mol. The van der Waals surface area contributed by atoms with Gasteiger partial charge >= 0.3 is 0 Å². The molecular weight excluding hydrogens is 216 g/mol. The zero-order chi connectivity index (χ0) is 12.1. The summed E-state index contributed by atoms with van der Waals surface area (Å²) in [6.07, 6.45) is 5.85. The van der Waals surface area contributed by atoms with E-state index in [2.05, 4.69) is 10.3 Å². The fraction of sp³-hybridized carbons (Fsp3) is 0.615. The summed E-state index contributed by atoms with van der Waals surface area (Å²) in [6.45, 7) is 1.80. The number of aromatic nitrogens is 1. The zero-order valence-electron chi connectivity index (χ0n) is 10.5. The van der Waals surface area contributed by atoms with Gasteiger partial charge < -0.3 is 14.8 Å². The van der Waals surface area contributed by atoms with Gasteiger partial charge in [-0.05, 0) is 25.3 Å². The van der Waals surface area contributed by atoms with Crippen LogP contribution in [-0.4, -0.2) is 25.7 Å². The Hall–Kier alpha value is -1.29. The fourth-order valence-electron chi connectivity index (χ4n) is 2.07. The van der Waals surface area contributed by atoms with Crippen LogP contribution < -0.4 is 14.8 Å². The first-order valence-electron chi connectivity index (χ1n) is 6.11. The van der Waals surface area contributed by atoms with Crippen molar-refractivity contribution in [3.05, 3.63) is 18.0 Å². The summed E-state index contributed by atoms with van der Waals surface area (Å²) in [7, 11) is 3.29. The third kappa shape index (κ3) is 2.88. The Bertz CT molecular complexity index is 364. The Kier molecular flexibility index (Phi) is 4.20. The molecule has 0 atom stereocenters. The minimum atomic E-state index is 0.733. The summed E-state index contributed by atoms with van der Waals surface area (Å²) in [4.78, 5) is 4.33. The van der Waals surface area contributed by atoms with E-state index in [1.54, 1.807) is 20.4 Å². The summed E-state index contributed by atoms with van der Waals surface area (Å²) in [5.74, 6) is 2.32. The van der Waals surface area contributed by atoms with Crippen molar-refractivity contribution in [2.24, 2.45) is 5.92 Å². The lowest BCUT2D eigenvalue weighted by atomic mass is 9.85. The normalized spacial score (nSPS) is 15.4. The largest absolute Gasteiger partial charge is 0.493 e. The number of nitrogens with zero attached hydrogens (tertiary/aromatic N) is 1. The summed E-state index contributed by atoms with van der Waals surface area (Å²) in [6, 6.07) is 1.81. The van der Waals surface area contributed by atoms with E-state index in [1.165, 1.54) is 19.3 Å². The highest BCUT2D eigenvalue weighted by Crippen LogP contribution is 2.29. The van der Waals surface area contributed by atoms with E-state index in [1.807, 2.05) is 6.07 Å². The number of nitrogens with one attached hydrogen (secondary N) is 1. The van der Waals surface area contributed by atoms with Gasteiger partial charge in [0.05, 0.1) is 19.9 Å². The van der Waals surface area contributed by atoms with Crippen molar-refractivity contribution >= 4 is 0 Å². The summed E-state index contributed by atoms with van der Waals surface area (Å²) >= 11 is 0. The maximum Gasteiger partial charge on any atom is 0.183 e. The van der Waals surface area contributed by atoms with Crippen molar-refractivity contribution in [2.75, 3.05) is 20.8 Å². The van der Waals surface area contributed by atoms with Crippen LogP contribution in [0, 0.1) is 5.92 Å². The molecule has 0 amide bonds. The molecule has 0 radical (unpaired) electrons. The molecule has 1 aromatic rings. The van der Waals surface area contributed by atoms with Gasteiger partial charge in [-0.1, -0.05) is 6.42 Å². The van der Waals surface area contributed by atoms with E-state index in [0.29, 0.717) is 0 Å². The molecule has 1 fully saturated rings. The summed E-state index contributed by atoms with van der Waals surface area (Å²) < 4.78 is 10.6. The van der Waals surface area contributed by atoms with E-state index in [0.717, 1.165) is 36.2 Å². The molecule has 17 heavy (non-hydrogen) atoms. The molecule has 0 aliphatic heterocycles. The molecule has 1 saturated carbocycles. The molecule has 94 valence electrons. The standard InChI is InChI=1S/C13H20N2O2/c1-16-12-6-7-15-11(13(12)17-2)9-14-8-10-4-3-5-10/h6-7,10,14H,3-5,8-9H2,1-2H3. The lowest BCUT2D eigenvalue weighted by Gasteiger charge is -2.25. The smallest absolute Gasteiger partial charge is 0.183 e. The number of rotatable bonds is 6. The van der Waals surface area contributed by atoms with E-state index < -0.39 is 0 Å². The summed E-state index contributed by atoms with van der Waals surface area (Å²) in [5, 5.41) is 3.43. The van der Waals surface area contributed by atoms with Crippen LogP contribution >= 0.6 is 0 Å². The highest BCUT2D eigenvalue weighted by Gasteiger charge is 2.17. The molecule has 0 saturated heterocycles. The molecule has 0 bridgehead atoms. The van der Waals surface area contributed by atoms with Gasteiger partial charge in [0.15, 0.2) is 11.5 Å². The van der Waals surface area contributed by atoms with E-state index in [-0.39, 0.29) is 0 Å². The third-order valence-corrected chi connectivity index (χ3v) is 3.32. The molecule has 1 heterocycles. The molecular formula is C13H20N2O2. The second-order valence-corrected chi connectivity index (χ2v) is 4.42. The Morgan fingerprint density at radius 3 is 2.76 bits per heavy atom. The topological polar surface area (TPSA) is 43.4 Å². The van der Waals surface area contributed by atoms with Crippen LogP contribution in [0.2, 0.25) is 0 Å². The first kappa shape index (κ1) is 12.2. The molecule has 2 rings (SSSR count). The third-order valence-electron chi connectivity index (χ3n) is 3.32. The van der Waals surface area contributed by atoms with Crippen molar-refractivity contribution < 1.29 is 9.47 Å². The van der Waals surface area contributed by atoms with Crippen molar-refractivity contribution in [2.45, 2.75) is 25.8 Å². The Labute approximate surface area is 102 Å². The molecule has 1 aliphatic carbocycles. The lowest BCUT2D eigenvalue weighted by molar-refractivity contribution is 0.299. The maximum atomic E-state index is 5.34. The van der Waals surface area contributed by atoms with Crippen molar-refractivity contribution in [3.63, 3.8) is 0 Å². The molecule has 4 nitrogen and oxygen atoms in total. The van der Waals surface area contributed by atoms with Gasteiger partial charge in [0.1, 0.15) is 0 Å². The van der Waals surface area contributed by atoms with Gasteiger partial charge in [-0.15, -0.1) is 0 Å². The van der Waals surface area contributed by atoms with Gasteiger partial charge in [-0.25, -0.2) is 0 Å². The Balaban J connectivity index is 1.93. The minimum Gasteiger partial charge on any atom is -0.493 e. The first-order valence-corrected chi connectivity index (χ1v) is 6.11. The molecule has 4 heteroatoms. The molecule has 0 spiro atoms. The van der Waals surface area contributed by atoms with Crippen molar-refractivity contribution in [3.8, 4) is 11.5 Å². The molecule has 0 aromatic carbocycles. The highest BCUT2D eigenvalue weighted by atomic mass is 16.5. The number of hydrogen-bond acceptors (Lipinski definition) is 4.